The Morgan fingerprint density at radius 1 is 0.867 bits per heavy atom. The van der Waals surface area contributed by atoms with Gasteiger partial charge in [0.25, 0.3) is 0 Å². The second-order valence-electron chi connectivity index (χ2n) is 7.78. The van der Waals surface area contributed by atoms with E-state index in [1.54, 1.807) is 13.8 Å². The molecule has 0 aromatic carbocycles. The molecule has 4 atom stereocenters. The third-order valence-electron chi connectivity index (χ3n) is 4.14. The molecule has 0 aromatic heterocycles. The van der Waals surface area contributed by atoms with Crippen LogP contribution in [0.4, 0.5) is 0 Å². The van der Waals surface area contributed by atoms with Crippen LogP contribution in [0.15, 0.2) is 0 Å². The molecule has 0 aliphatic heterocycles. The Balaban J connectivity index is 5.35. The highest BCUT2D eigenvalue weighted by Crippen LogP contribution is 2.07. The Kier molecular flexibility index (Phi) is 11.6. The van der Waals surface area contributed by atoms with Gasteiger partial charge in [0.05, 0.1) is 19.1 Å². The number of aliphatic carboxylic acids is 1. The third kappa shape index (κ3) is 9.65. The van der Waals surface area contributed by atoms with Crippen molar-refractivity contribution in [2.75, 3.05) is 6.61 Å². The number of carbonyl (C=O) groups excluding carboxylic acids is 4. The zero-order valence-corrected chi connectivity index (χ0v) is 17.7. The molecule has 0 aliphatic carbocycles. The lowest BCUT2D eigenvalue weighted by Crippen LogP contribution is -2.59. The van der Waals surface area contributed by atoms with Crippen molar-refractivity contribution in [3.05, 3.63) is 0 Å². The Hall–Kier alpha value is -2.73. The van der Waals surface area contributed by atoms with Crippen molar-refractivity contribution in [1.82, 2.24) is 16.0 Å². The maximum absolute atomic E-state index is 12.7. The number of carbonyl (C=O) groups is 5. The van der Waals surface area contributed by atoms with E-state index in [1.165, 1.54) is 0 Å². The minimum atomic E-state index is -1.63. The Bertz CT molecular complexity index is 638. The van der Waals surface area contributed by atoms with Crippen molar-refractivity contribution >= 4 is 29.6 Å². The number of nitrogens with two attached hydrogens (primary N) is 2. The molecule has 0 aromatic rings. The molecule has 30 heavy (non-hydrogen) atoms. The molecule has 4 unspecified atom stereocenters. The van der Waals surface area contributed by atoms with Crippen molar-refractivity contribution in [1.29, 1.82) is 0 Å². The standard InChI is InChI=1S/C18H33N5O7/c1-8(2)5-10(19)15(26)23-14(9(3)4)17(28)21-11(6-13(20)25)16(27)22-12(7-24)18(29)30/h8-12,14,24H,5-7,19H2,1-4H3,(H2,20,25)(H,21,28)(H,22,27)(H,23,26)(H,29,30). The van der Waals surface area contributed by atoms with Gasteiger partial charge in [-0.1, -0.05) is 27.7 Å². The molecule has 172 valence electrons. The van der Waals surface area contributed by atoms with Crippen LogP contribution in [-0.4, -0.2) is 70.6 Å². The van der Waals surface area contributed by atoms with Gasteiger partial charge in [0, 0.05) is 0 Å². The van der Waals surface area contributed by atoms with Crippen LogP contribution >= 0.6 is 0 Å². The summed E-state index contributed by atoms with van der Waals surface area (Å²) in [6.07, 6.45) is -0.205. The monoisotopic (exact) mass is 431 g/mol. The van der Waals surface area contributed by atoms with Crippen molar-refractivity contribution < 1.29 is 34.2 Å². The molecular weight excluding hydrogens is 398 g/mol. The lowest BCUT2D eigenvalue weighted by Gasteiger charge is -2.26. The summed E-state index contributed by atoms with van der Waals surface area (Å²) in [5, 5.41) is 24.8. The minimum absolute atomic E-state index is 0.162. The first-order chi connectivity index (χ1) is 13.8. The fourth-order valence-corrected chi connectivity index (χ4v) is 2.54. The molecule has 0 spiro atoms. The number of nitrogens with one attached hydrogen (secondary N) is 3. The van der Waals surface area contributed by atoms with E-state index < -0.39 is 66.8 Å². The molecule has 12 heteroatoms. The quantitative estimate of drug-likeness (QED) is 0.164. The fourth-order valence-electron chi connectivity index (χ4n) is 2.54. The predicted octanol–water partition coefficient (Wildman–Crippen LogP) is -2.58. The van der Waals surface area contributed by atoms with E-state index in [1.807, 2.05) is 19.2 Å². The Labute approximate surface area is 175 Å². The Morgan fingerprint density at radius 2 is 1.40 bits per heavy atom. The van der Waals surface area contributed by atoms with Crippen molar-refractivity contribution in [3.8, 4) is 0 Å². The van der Waals surface area contributed by atoms with Gasteiger partial charge in [0.2, 0.25) is 23.6 Å². The maximum Gasteiger partial charge on any atom is 0.328 e. The topological polar surface area (TPSA) is 214 Å². The summed E-state index contributed by atoms with van der Waals surface area (Å²) >= 11 is 0. The predicted molar refractivity (Wildman–Crippen MR) is 107 cm³/mol. The molecule has 0 bridgehead atoms. The first kappa shape index (κ1) is 27.3. The second-order valence-corrected chi connectivity index (χ2v) is 7.78. The number of carboxylic acid groups (broad SMARTS) is 1. The van der Waals surface area contributed by atoms with Gasteiger partial charge in [-0.3, -0.25) is 19.2 Å². The summed E-state index contributed by atoms with van der Waals surface area (Å²) in [6.45, 7) is 6.21. The number of hydrogen-bond donors (Lipinski definition) is 7. The van der Waals surface area contributed by atoms with Crippen LogP contribution in [-0.2, 0) is 24.0 Å². The molecule has 0 radical (unpaired) electrons. The van der Waals surface area contributed by atoms with Crippen LogP contribution in [0.25, 0.3) is 0 Å². The molecule has 0 fully saturated rings. The maximum atomic E-state index is 12.7. The van der Waals surface area contributed by atoms with Crippen LogP contribution in [0.3, 0.4) is 0 Å². The number of aliphatic hydroxyl groups is 1. The fraction of sp³-hybridized carbons (Fsp3) is 0.722. The lowest BCUT2D eigenvalue weighted by molar-refractivity contribution is -0.143. The van der Waals surface area contributed by atoms with Crippen LogP contribution in [0.1, 0.15) is 40.5 Å². The highest BCUT2D eigenvalue weighted by molar-refractivity contribution is 5.96. The average molecular weight is 431 g/mol. The van der Waals surface area contributed by atoms with Crippen molar-refractivity contribution in [3.63, 3.8) is 0 Å². The van der Waals surface area contributed by atoms with Crippen molar-refractivity contribution in [2.24, 2.45) is 23.3 Å². The third-order valence-corrected chi connectivity index (χ3v) is 4.14. The van der Waals surface area contributed by atoms with Gasteiger partial charge in [-0.05, 0) is 18.3 Å². The van der Waals surface area contributed by atoms with Gasteiger partial charge in [-0.25, -0.2) is 4.79 Å². The molecule has 0 saturated carbocycles. The van der Waals surface area contributed by atoms with Gasteiger partial charge in [-0.15, -0.1) is 0 Å². The first-order valence-electron chi connectivity index (χ1n) is 9.58. The summed E-state index contributed by atoms with van der Waals surface area (Å²) in [7, 11) is 0. The van der Waals surface area contributed by atoms with Crippen molar-refractivity contribution in [2.45, 2.75) is 64.7 Å². The highest BCUT2D eigenvalue weighted by Gasteiger charge is 2.32. The minimum Gasteiger partial charge on any atom is -0.480 e. The summed E-state index contributed by atoms with van der Waals surface area (Å²) in [5.74, 6) is -4.98. The van der Waals surface area contributed by atoms with Gasteiger partial charge in [-0.2, -0.15) is 0 Å². The molecule has 0 aliphatic rings. The molecule has 12 nitrogen and oxygen atoms in total. The average Bonchev–Trinajstić information content (AvgIpc) is 2.61. The zero-order valence-electron chi connectivity index (χ0n) is 17.7. The largest absolute Gasteiger partial charge is 0.480 e. The van der Waals surface area contributed by atoms with E-state index in [9.17, 15) is 24.0 Å². The molecule has 0 rings (SSSR count). The van der Waals surface area contributed by atoms with E-state index in [2.05, 4.69) is 10.6 Å². The number of rotatable bonds is 13. The number of aliphatic hydroxyl groups excluding tert-OH is 1. The second kappa shape index (κ2) is 12.8. The van der Waals surface area contributed by atoms with Crippen LogP contribution in [0, 0.1) is 11.8 Å². The summed E-state index contributed by atoms with van der Waals surface area (Å²) in [5.41, 5.74) is 10.9. The summed E-state index contributed by atoms with van der Waals surface area (Å²) in [6, 6.07) is -5.01. The molecule has 4 amide bonds. The molecule has 0 saturated heterocycles. The molecular formula is C18H33N5O7. The van der Waals surface area contributed by atoms with E-state index in [0.29, 0.717) is 6.42 Å². The van der Waals surface area contributed by atoms with Crippen LogP contribution in [0.2, 0.25) is 0 Å². The van der Waals surface area contributed by atoms with E-state index in [-0.39, 0.29) is 11.8 Å². The van der Waals surface area contributed by atoms with Gasteiger partial charge < -0.3 is 37.6 Å². The normalized spacial score (nSPS) is 15.1. The highest BCUT2D eigenvalue weighted by atomic mass is 16.4. The smallest absolute Gasteiger partial charge is 0.328 e. The number of carboxylic acids is 1. The summed E-state index contributed by atoms with van der Waals surface area (Å²) < 4.78 is 0. The van der Waals surface area contributed by atoms with Gasteiger partial charge >= 0.3 is 5.97 Å². The van der Waals surface area contributed by atoms with Gasteiger partial charge in [0.15, 0.2) is 0 Å². The number of primary amides is 1. The van der Waals surface area contributed by atoms with Gasteiger partial charge in [0.1, 0.15) is 18.1 Å². The Morgan fingerprint density at radius 3 is 1.80 bits per heavy atom. The first-order valence-corrected chi connectivity index (χ1v) is 9.58. The SMILES string of the molecule is CC(C)CC(N)C(=O)NC(C(=O)NC(CC(N)=O)C(=O)NC(CO)C(=O)O)C(C)C. The number of hydrogen-bond acceptors (Lipinski definition) is 7. The van der Waals surface area contributed by atoms with E-state index in [0.717, 1.165) is 0 Å². The van der Waals surface area contributed by atoms with Crippen LogP contribution < -0.4 is 27.4 Å². The number of amides is 4. The summed E-state index contributed by atoms with van der Waals surface area (Å²) in [4.78, 5) is 59.6. The van der Waals surface area contributed by atoms with E-state index in [4.69, 9.17) is 21.7 Å². The lowest BCUT2D eigenvalue weighted by atomic mass is 10.00. The van der Waals surface area contributed by atoms with E-state index >= 15 is 0 Å². The van der Waals surface area contributed by atoms with Crippen LogP contribution in [0.5, 0.6) is 0 Å². The zero-order chi connectivity index (χ0) is 23.6. The molecule has 9 N–H and O–H groups in total. The molecule has 0 heterocycles.